The van der Waals surface area contributed by atoms with E-state index >= 15 is 0 Å². The van der Waals surface area contributed by atoms with Crippen LogP contribution in [-0.2, 0) is 53.3 Å². The number of carbonyl (C=O) groups is 2. The van der Waals surface area contributed by atoms with E-state index in [1.807, 2.05) is 48.5 Å². The third-order valence-corrected chi connectivity index (χ3v) is 11.9. The van der Waals surface area contributed by atoms with Gasteiger partial charge in [-0.05, 0) is 85.8 Å². The number of amides is 1. The molecule has 7 N–H and O–H groups in total. The minimum atomic E-state index is -0.873. The number of hydrogen-bond acceptors (Lipinski definition) is 14. The number of hydrogen-bond donors (Lipinski definition) is 4. The van der Waals surface area contributed by atoms with Crippen molar-refractivity contribution in [2.75, 3.05) is 0 Å². The van der Waals surface area contributed by atoms with E-state index in [0.29, 0.717) is 13.3 Å². The molecule has 2 heterocycles. The van der Waals surface area contributed by atoms with E-state index in [0.717, 1.165) is 61.1 Å². The molecule has 77 heavy (non-hydrogen) atoms. The molecule has 1 amide bonds. The number of carbonyl (C=O) groups excluding carboxylic acids is 2. The molecule has 0 bridgehead atoms. The summed E-state index contributed by atoms with van der Waals surface area (Å²) in [5, 5.41) is 13.5. The molecular formula is C52H59I8N7O7S2V-. The van der Waals surface area contributed by atoms with Gasteiger partial charge in [0.05, 0.1) is 25.7 Å². The molecule has 0 aliphatic carbocycles. The van der Waals surface area contributed by atoms with Crippen LogP contribution < -0.4 is 40.5 Å². The average molecular weight is 2020 g/mol. The Hall–Kier alpha value is -0.396. The number of halogens is 8. The van der Waals surface area contributed by atoms with E-state index in [2.05, 4.69) is 222 Å². The second-order valence-corrected chi connectivity index (χ2v) is 69.7. The number of ether oxygens (including phenoxy) is 3. The van der Waals surface area contributed by atoms with Crippen LogP contribution in [0.3, 0.4) is 0 Å². The number of nitrogens with two attached hydrogens (primary N) is 3. The van der Waals surface area contributed by atoms with E-state index in [1.165, 1.54) is 69.2 Å². The molecule has 0 saturated carbocycles. The van der Waals surface area contributed by atoms with E-state index in [1.54, 1.807) is 23.4 Å². The fraction of sp³-hybridized carbons (Fsp3) is 0.269. The molecule has 0 fully saturated rings. The number of aromatic nitrogens is 2. The van der Waals surface area contributed by atoms with Crippen LogP contribution in [-0.4, -0.2) is 51.3 Å². The van der Waals surface area contributed by atoms with E-state index < -0.39 is 17.2 Å². The fourth-order valence-electron chi connectivity index (χ4n) is 6.89. The van der Waals surface area contributed by atoms with Crippen molar-refractivity contribution in [1.82, 2.24) is 15.3 Å². The Balaban J connectivity index is 0.000000375. The molecule has 0 spiro atoms. The Morgan fingerprint density at radius 2 is 0.948 bits per heavy atom. The number of non-ortho nitro benzene ring substituents is 1. The first kappa shape index (κ1) is 72.7. The summed E-state index contributed by atoms with van der Waals surface area (Å²) >= 11 is 19.8. The molecule has 418 valence electrons. The quantitative estimate of drug-likeness (QED) is 0.0174. The van der Waals surface area contributed by atoms with Gasteiger partial charge >= 0.3 is 128 Å². The Morgan fingerprint density at radius 1 is 0.597 bits per heavy atom. The number of benzene rings is 5. The predicted molar refractivity (Wildman–Crippen MR) is 366 cm³/mol. The Morgan fingerprint density at radius 3 is 1.30 bits per heavy atom. The van der Waals surface area contributed by atoms with Crippen molar-refractivity contribution in [2.24, 2.45) is 17.2 Å². The molecule has 5 aromatic carbocycles. The summed E-state index contributed by atoms with van der Waals surface area (Å²) in [5.41, 5.74) is 27.0. The van der Waals surface area contributed by atoms with Crippen LogP contribution >= 0.6 is 157 Å². The summed E-state index contributed by atoms with van der Waals surface area (Å²) in [6.45, 7) is 0.318. The Kier molecular flexibility index (Phi) is 44.4. The second-order valence-electron chi connectivity index (χ2n) is 16.2. The van der Waals surface area contributed by atoms with Crippen LogP contribution in [0.25, 0.3) is 0 Å². The number of alkyl carbamates (subject to hydrolysis) is 1. The van der Waals surface area contributed by atoms with Crippen molar-refractivity contribution in [3.05, 3.63) is 211 Å². The van der Waals surface area contributed by atoms with Crippen LogP contribution in [0.5, 0.6) is 5.75 Å². The zero-order valence-corrected chi connectivity index (χ0v) is 61.6. The number of nitro benzene ring substituents is 1. The van der Waals surface area contributed by atoms with E-state index in [9.17, 15) is 19.7 Å². The Bertz CT molecular complexity index is 2500. The van der Waals surface area contributed by atoms with E-state index in [-0.39, 0.29) is 53.7 Å². The number of rotatable bonds is 21. The van der Waals surface area contributed by atoms with Gasteiger partial charge < -0.3 is 36.7 Å². The molecule has 0 saturated heterocycles. The maximum absolute atomic E-state index is 12.3. The summed E-state index contributed by atoms with van der Waals surface area (Å²) in [7, 11) is 0. The van der Waals surface area contributed by atoms with Gasteiger partial charge in [0.1, 0.15) is 19.0 Å². The summed E-state index contributed by atoms with van der Waals surface area (Å²) in [5.74, 6) is 0.180. The van der Waals surface area contributed by atoms with Crippen LogP contribution in [0.4, 0.5) is 15.3 Å². The molecule has 7 rings (SSSR count). The van der Waals surface area contributed by atoms with Gasteiger partial charge in [-0.15, -0.1) is 22.7 Å². The van der Waals surface area contributed by atoms with Crippen LogP contribution in [0, 0.1) is 10.1 Å². The number of thiazole rings is 2. The number of nitro groups is 1. The van der Waals surface area contributed by atoms with Gasteiger partial charge in [-0.1, -0.05) is 121 Å². The average Bonchev–Trinajstić information content (AvgIpc) is 4.17. The van der Waals surface area contributed by atoms with Crippen molar-refractivity contribution in [3.8, 4) is 5.75 Å². The Labute approximate surface area is 551 Å². The first-order valence-corrected chi connectivity index (χ1v) is 57.3. The molecule has 14 nitrogen and oxygen atoms in total. The van der Waals surface area contributed by atoms with E-state index in [4.69, 9.17) is 31.4 Å². The normalized spacial score (nSPS) is 11.7. The molecular weight excluding hydrogens is 1960 g/mol. The molecule has 0 aliphatic heterocycles. The molecule has 2 aromatic heterocycles. The SMILES string of the molecule is II.I[I-]I.N[C@H](CC[C@@H](N)Cc1ccccc1)Cc1ccccc1.N[C@H](CC[C@H](Cc1ccccc1)NC(=O)OCc1cncs1)Cc1ccccc1.O=C(OCc1cncs1)Oc1ccc([N+](=O)[O-])cc1.[I][V]([I])[I]. The monoisotopic (exact) mass is 2020 g/mol. The van der Waals surface area contributed by atoms with Crippen LogP contribution in [0.2, 0.25) is 0 Å². The first-order chi connectivity index (χ1) is 37.2. The zero-order chi connectivity index (χ0) is 56.5. The van der Waals surface area contributed by atoms with Crippen molar-refractivity contribution >= 4 is 175 Å². The van der Waals surface area contributed by atoms with Crippen LogP contribution in [0.15, 0.2) is 169 Å². The first-order valence-electron chi connectivity index (χ1n) is 23.2. The summed E-state index contributed by atoms with van der Waals surface area (Å²) in [4.78, 5) is 42.8. The third-order valence-electron chi connectivity index (χ3n) is 10.4. The van der Waals surface area contributed by atoms with Gasteiger partial charge in [0.25, 0.3) is 5.69 Å². The molecule has 7 aromatic rings. The van der Waals surface area contributed by atoms with Gasteiger partial charge in [-0.2, -0.15) is 0 Å². The minimum absolute atomic E-state index is 0.0341. The fourth-order valence-corrected chi connectivity index (χ4v) is 7.90. The number of nitrogens with one attached hydrogen (secondary N) is 1. The third kappa shape index (κ3) is 38.2. The standard InChI is InChI=1S/C23H27N3O2S.C18H24N2.C11H8N2O5S.I3.I2.3HI.V/c24-20(13-18-7-3-1-4-8-18)11-12-21(14-19-9-5-2-6-10-19)26-23(27)28-16-22-15-25-17-29-22;19-17(13-15-7-3-1-4-8-15)11-12-18(20)14-16-9-5-2-6-10-16;14-11(17-6-10-5-12-7-19-10)18-9-3-1-8(2-4-9)13(15)16;1-3-2;1-2;;;;/h1-10,15,17,20-21H,11-14,16,24H2,(H,26,27);1-10,17-18H,11-14,19-20H2;1-5,7H,6H2;;;3*1H;/q;;;-1;;;;;+3/p-3/t20-,21-;17-,18-;;;;;;;/m11......./s1. The van der Waals surface area contributed by atoms with Crippen LogP contribution in [0.1, 0.15) is 57.7 Å². The summed E-state index contributed by atoms with van der Waals surface area (Å²) in [6.07, 6.45) is 9.01. The van der Waals surface area contributed by atoms with Gasteiger partial charge in [-0.25, -0.2) is 9.59 Å². The second kappa shape index (κ2) is 47.0. The summed E-state index contributed by atoms with van der Waals surface area (Å²) in [6, 6.07) is 46.8. The molecule has 0 radical (unpaired) electrons. The van der Waals surface area contributed by atoms with Gasteiger partial charge in [0.2, 0.25) is 0 Å². The topological polar surface area (TPSA) is 221 Å². The van der Waals surface area contributed by atoms with Gasteiger partial charge in [0, 0.05) is 85.9 Å². The zero-order valence-electron chi connectivity index (χ0n) is 41.3. The van der Waals surface area contributed by atoms with Crippen molar-refractivity contribution in [3.63, 3.8) is 0 Å². The number of nitrogens with zero attached hydrogens (tertiary/aromatic N) is 3. The molecule has 0 unspecified atom stereocenters. The van der Waals surface area contributed by atoms with Crippen molar-refractivity contribution in [1.29, 1.82) is 0 Å². The molecule has 25 heteroatoms. The molecule has 4 atom stereocenters. The van der Waals surface area contributed by atoms with Crippen molar-refractivity contribution < 1.29 is 46.9 Å². The van der Waals surface area contributed by atoms with Gasteiger partial charge in [-0.3, -0.25) is 20.1 Å². The predicted octanol–water partition coefficient (Wildman–Crippen LogP) is 13.2. The maximum atomic E-state index is 12.3. The van der Waals surface area contributed by atoms with Crippen molar-refractivity contribution in [2.45, 2.75) is 88.7 Å². The van der Waals surface area contributed by atoms with Gasteiger partial charge in [0.15, 0.2) is 0 Å². The molecule has 0 aliphatic rings. The summed E-state index contributed by atoms with van der Waals surface area (Å²) < 4.78 is 15.0.